The highest BCUT2D eigenvalue weighted by Gasteiger charge is 2.30. The third-order valence-electron chi connectivity index (χ3n) is 3.26. The quantitative estimate of drug-likeness (QED) is 0.392. The molecule has 1 aromatic carbocycles. The van der Waals surface area contributed by atoms with Gasteiger partial charge in [0.05, 0.1) is 10.4 Å². The minimum absolute atomic E-state index is 0.151. The summed E-state index contributed by atoms with van der Waals surface area (Å²) >= 11 is 5.34. The summed E-state index contributed by atoms with van der Waals surface area (Å²) in [4.78, 5) is 4.24. The molecule has 1 aromatic heterocycles. The first kappa shape index (κ1) is 15.5. The lowest BCUT2D eigenvalue weighted by molar-refractivity contribution is 0.272. The van der Waals surface area contributed by atoms with E-state index in [0.717, 1.165) is 14.7 Å². The van der Waals surface area contributed by atoms with Crippen molar-refractivity contribution in [1.29, 1.82) is 5.41 Å². The number of nitrogens with zero attached hydrogens (tertiary/aromatic N) is 1. The largest absolute Gasteiger partial charge is 0.465 e. The molecule has 0 spiro atoms. The first-order valence-electron chi connectivity index (χ1n) is 6.24. The highest BCUT2D eigenvalue weighted by molar-refractivity contribution is 14.1. The molecule has 1 atom stereocenters. The minimum atomic E-state index is -0.418. The zero-order valence-corrected chi connectivity index (χ0v) is 14.8. The number of nitrogens with one attached hydrogen (secondary N) is 1. The van der Waals surface area contributed by atoms with Gasteiger partial charge in [-0.05, 0) is 50.7 Å². The summed E-state index contributed by atoms with van der Waals surface area (Å²) in [5.74, 6) is 0.131. The van der Waals surface area contributed by atoms with Crippen LogP contribution in [0.4, 0.5) is 4.39 Å². The maximum Gasteiger partial charge on any atom is 0.279 e. The molecule has 0 fully saturated rings. The van der Waals surface area contributed by atoms with Crippen molar-refractivity contribution in [1.82, 2.24) is 4.98 Å². The van der Waals surface area contributed by atoms with Crippen molar-refractivity contribution in [2.45, 2.75) is 5.92 Å². The van der Waals surface area contributed by atoms with Crippen LogP contribution in [-0.2, 0) is 4.74 Å². The van der Waals surface area contributed by atoms with Crippen molar-refractivity contribution in [2.24, 2.45) is 5.73 Å². The van der Waals surface area contributed by atoms with Crippen molar-refractivity contribution in [3.05, 3.63) is 49.4 Å². The molecule has 0 aliphatic carbocycles. The van der Waals surface area contributed by atoms with Crippen molar-refractivity contribution in [3.63, 3.8) is 0 Å². The summed E-state index contributed by atoms with van der Waals surface area (Å²) in [6, 6.07) is 4.52. The fourth-order valence-electron chi connectivity index (χ4n) is 2.31. The molecule has 0 saturated heterocycles. The third kappa shape index (κ3) is 2.89. The van der Waals surface area contributed by atoms with Gasteiger partial charge in [-0.2, -0.15) is 0 Å². The monoisotopic (exact) mass is 477 g/mol. The Morgan fingerprint density at radius 1 is 1.45 bits per heavy atom. The molecular formula is C14H10BrFIN3O2. The Bertz CT molecular complexity index is 772. The first-order valence-corrected chi connectivity index (χ1v) is 8.12. The van der Waals surface area contributed by atoms with Crippen LogP contribution >= 0.6 is 38.5 Å². The lowest BCUT2D eigenvalue weighted by atomic mass is 9.90. The maximum absolute atomic E-state index is 13.8. The summed E-state index contributed by atoms with van der Waals surface area (Å²) in [7, 11) is 0. The van der Waals surface area contributed by atoms with Crippen LogP contribution in [0.2, 0.25) is 0 Å². The van der Waals surface area contributed by atoms with Crippen LogP contribution in [0.3, 0.4) is 0 Å². The van der Waals surface area contributed by atoms with Gasteiger partial charge in [-0.25, -0.2) is 9.37 Å². The van der Waals surface area contributed by atoms with Gasteiger partial charge in [-0.15, -0.1) is 0 Å². The second-order valence-corrected chi connectivity index (χ2v) is 6.78. The molecule has 8 heteroatoms. The third-order valence-corrected chi connectivity index (χ3v) is 4.46. The molecule has 0 radical (unpaired) electrons. The molecule has 1 aliphatic heterocycles. The van der Waals surface area contributed by atoms with Gasteiger partial charge in [0.1, 0.15) is 18.2 Å². The van der Waals surface area contributed by atoms with Gasteiger partial charge in [0.15, 0.2) is 0 Å². The van der Waals surface area contributed by atoms with E-state index in [1.807, 2.05) is 6.07 Å². The minimum Gasteiger partial charge on any atom is -0.465 e. The molecule has 0 bridgehead atoms. The van der Waals surface area contributed by atoms with E-state index < -0.39 is 5.82 Å². The van der Waals surface area contributed by atoms with Crippen molar-refractivity contribution < 1.29 is 13.9 Å². The van der Waals surface area contributed by atoms with Crippen LogP contribution < -0.4 is 10.5 Å². The number of fused-ring (bicyclic) bond motifs is 2. The average Bonchev–Trinajstić information content (AvgIpc) is 2.45. The topological polar surface area (TPSA) is 81.2 Å². The van der Waals surface area contributed by atoms with Crippen LogP contribution in [0, 0.1) is 14.8 Å². The number of ether oxygens (including phenoxy) is 2. The van der Waals surface area contributed by atoms with Crippen LogP contribution in [0.25, 0.3) is 0 Å². The fourth-order valence-corrected chi connectivity index (χ4v) is 3.14. The highest BCUT2D eigenvalue weighted by atomic mass is 127. The molecule has 2 heterocycles. The van der Waals surface area contributed by atoms with Crippen molar-refractivity contribution >= 4 is 44.5 Å². The standard InChI is InChI=1S/C14H10BrFIN3O2/c15-10-2-7-9(5-21-14(18)19)8-1-6(17)4-20-13(8)22-12(7)3-11(10)16/h1-4,9H,5H2,(H3,18,19)/t9-/m1/s1. The number of hydrogen-bond donors (Lipinski definition) is 2. The van der Waals surface area contributed by atoms with Crippen LogP contribution in [-0.4, -0.2) is 17.6 Å². The molecule has 3 N–H and O–H groups in total. The van der Waals surface area contributed by atoms with E-state index in [0.29, 0.717) is 16.1 Å². The summed E-state index contributed by atoms with van der Waals surface area (Å²) in [6.07, 6.45) is 1.67. The van der Waals surface area contributed by atoms with E-state index in [9.17, 15) is 4.39 Å². The average molecular weight is 478 g/mol. The molecule has 3 rings (SSSR count). The molecule has 1 aliphatic rings. The van der Waals surface area contributed by atoms with Gasteiger partial charge in [0.2, 0.25) is 5.88 Å². The Balaban J connectivity index is 2.11. The summed E-state index contributed by atoms with van der Waals surface area (Å²) < 4.78 is 25.9. The molecule has 5 nitrogen and oxygen atoms in total. The number of halogens is 3. The number of benzene rings is 1. The van der Waals surface area contributed by atoms with Gasteiger partial charge in [-0.1, -0.05) is 0 Å². The van der Waals surface area contributed by atoms with Crippen LogP contribution in [0.1, 0.15) is 17.0 Å². The van der Waals surface area contributed by atoms with Gasteiger partial charge in [0.25, 0.3) is 6.02 Å². The Labute approximate surface area is 147 Å². The molecule has 114 valence electrons. The molecule has 0 amide bonds. The molecule has 22 heavy (non-hydrogen) atoms. The second-order valence-electron chi connectivity index (χ2n) is 4.68. The number of hydrogen-bond acceptors (Lipinski definition) is 4. The normalized spacial score (nSPS) is 15.5. The lowest BCUT2D eigenvalue weighted by Gasteiger charge is -2.27. The fraction of sp³-hybridized carbons (Fsp3) is 0.143. The number of aromatic nitrogens is 1. The SMILES string of the molecule is N=C(N)OC[C@@H]1c2cc(Br)c(F)cc2Oc2ncc(I)cc21. The lowest BCUT2D eigenvalue weighted by Crippen LogP contribution is -2.22. The Morgan fingerprint density at radius 2 is 2.23 bits per heavy atom. The molecular weight excluding hydrogens is 468 g/mol. The van der Waals surface area contributed by atoms with Crippen LogP contribution in [0.15, 0.2) is 28.9 Å². The molecule has 2 aromatic rings. The van der Waals surface area contributed by atoms with E-state index in [2.05, 4.69) is 43.5 Å². The summed E-state index contributed by atoms with van der Waals surface area (Å²) in [5.41, 5.74) is 6.85. The van der Waals surface area contributed by atoms with Gasteiger partial charge in [-0.3, -0.25) is 5.41 Å². The van der Waals surface area contributed by atoms with E-state index in [-0.39, 0.29) is 18.5 Å². The van der Waals surface area contributed by atoms with E-state index in [4.69, 9.17) is 20.6 Å². The molecule has 0 saturated carbocycles. The predicted molar refractivity (Wildman–Crippen MR) is 90.8 cm³/mol. The van der Waals surface area contributed by atoms with Gasteiger partial charge in [0, 0.05) is 27.0 Å². The summed E-state index contributed by atoms with van der Waals surface area (Å²) in [6.45, 7) is 0.151. The van der Waals surface area contributed by atoms with E-state index in [1.165, 1.54) is 6.07 Å². The Hall–Kier alpha value is -1.42. The smallest absolute Gasteiger partial charge is 0.279 e. The molecule has 0 unspecified atom stereocenters. The number of amidine groups is 1. The van der Waals surface area contributed by atoms with Crippen molar-refractivity contribution in [3.8, 4) is 11.6 Å². The zero-order valence-electron chi connectivity index (χ0n) is 11.1. The predicted octanol–water partition coefficient (Wildman–Crippen LogP) is 3.74. The first-order chi connectivity index (χ1) is 10.5. The highest BCUT2D eigenvalue weighted by Crippen LogP contribution is 2.45. The Morgan fingerprint density at radius 3 is 2.95 bits per heavy atom. The van der Waals surface area contributed by atoms with Crippen molar-refractivity contribution in [2.75, 3.05) is 6.61 Å². The second kappa shape index (κ2) is 5.99. The Kier molecular flexibility index (Phi) is 4.22. The van der Waals surface area contributed by atoms with Gasteiger partial charge >= 0.3 is 0 Å². The maximum atomic E-state index is 13.8. The number of rotatable bonds is 2. The zero-order chi connectivity index (χ0) is 15.9. The van der Waals surface area contributed by atoms with Gasteiger partial charge < -0.3 is 15.2 Å². The van der Waals surface area contributed by atoms with Crippen LogP contribution in [0.5, 0.6) is 11.6 Å². The number of pyridine rings is 1. The van der Waals surface area contributed by atoms with E-state index >= 15 is 0 Å². The van der Waals surface area contributed by atoms with E-state index in [1.54, 1.807) is 12.3 Å². The summed E-state index contributed by atoms with van der Waals surface area (Å²) in [5, 5.41) is 7.24. The number of nitrogens with two attached hydrogens (primary N) is 1.